The lowest BCUT2D eigenvalue weighted by atomic mass is 10.1. The van der Waals surface area contributed by atoms with Gasteiger partial charge < -0.3 is 5.32 Å². The van der Waals surface area contributed by atoms with Crippen molar-refractivity contribution in [2.75, 3.05) is 12.4 Å². The zero-order valence-electron chi connectivity index (χ0n) is 14.7. The lowest BCUT2D eigenvalue weighted by Crippen LogP contribution is -2.39. The second-order valence-electron chi connectivity index (χ2n) is 6.39. The van der Waals surface area contributed by atoms with E-state index >= 15 is 0 Å². The molecule has 0 aliphatic rings. The van der Waals surface area contributed by atoms with Gasteiger partial charge in [0.2, 0.25) is 5.91 Å². The van der Waals surface area contributed by atoms with Crippen molar-refractivity contribution in [3.8, 4) is 0 Å². The molecule has 3 aromatic rings. The Morgan fingerprint density at radius 3 is 2.54 bits per heavy atom. The molecule has 0 aliphatic carbocycles. The minimum atomic E-state index is -0.663. The van der Waals surface area contributed by atoms with Crippen LogP contribution < -0.4 is 5.32 Å². The number of carbonyl (C=O) groups excluding carboxylic acids is 1. The monoisotopic (exact) mass is 354 g/mol. The fraction of sp³-hybridized carbons (Fsp3) is 0.190. The highest BCUT2D eigenvalue weighted by atomic mass is 19.1. The summed E-state index contributed by atoms with van der Waals surface area (Å²) in [4.78, 5) is 14.2. The van der Waals surface area contributed by atoms with Crippen molar-refractivity contribution in [2.45, 2.75) is 19.5 Å². The maximum absolute atomic E-state index is 13.7. The highest BCUT2D eigenvalue weighted by Gasteiger charge is 2.19. The van der Waals surface area contributed by atoms with E-state index in [0.717, 1.165) is 34.5 Å². The Labute approximate surface area is 151 Å². The minimum absolute atomic E-state index is 0.152. The average Bonchev–Trinajstić information content (AvgIpc) is 2.64. The third-order valence-electron chi connectivity index (χ3n) is 4.47. The number of benzene rings is 3. The number of fused-ring (bicyclic) bond motifs is 1. The van der Waals surface area contributed by atoms with Gasteiger partial charge in [0.15, 0.2) is 0 Å². The fourth-order valence-electron chi connectivity index (χ4n) is 2.79. The summed E-state index contributed by atoms with van der Waals surface area (Å²) >= 11 is 0. The lowest BCUT2D eigenvalue weighted by Gasteiger charge is -2.24. The average molecular weight is 354 g/mol. The third-order valence-corrected chi connectivity index (χ3v) is 4.47. The lowest BCUT2D eigenvalue weighted by molar-refractivity contribution is -0.120. The molecule has 0 fully saturated rings. The standard InChI is InChI=1S/C21H20F2N2O/c1-14(21(26)24-20-12-18(22)9-10-19(20)23)25(2)13-15-7-8-16-5-3-4-6-17(16)11-15/h3-12,14H,13H2,1-2H3,(H,24,26)/t14-/m0/s1. The summed E-state index contributed by atoms with van der Waals surface area (Å²) in [6, 6.07) is 16.7. The molecule has 0 aromatic heterocycles. The predicted molar refractivity (Wildman–Crippen MR) is 99.9 cm³/mol. The fourth-order valence-corrected chi connectivity index (χ4v) is 2.79. The van der Waals surface area contributed by atoms with Gasteiger partial charge in [-0.25, -0.2) is 8.78 Å². The van der Waals surface area contributed by atoms with E-state index in [2.05, 4.69) is 11.4 Å². The number of nitrogens with one attached hydrogen (secondary N) is 1. The highest BCUT2D eigenvalue weighted by molar-refractivity contribution is 5.94. The smallest absolute Gasteiger partial charge is 0.241 e. The van der Waals surface area contributed by atoms with E-state index in [1.807, 2.05) is 48.3 Å². The van der Waals surface area contributed by atoms with E-state index in [1.165, 1.54) is 0 Å². The van der Waals surface area contributed by atoms with Crippen molar-refractivity contribution >= 4 is 22.4 Å². The van der Waals surface area contributed by atoms with Gasteiger partial charge in [-0.3, -0.25) is 9.69 Å². The number of nitrogens with zero attached hydrogens (tertiary/aromatic N) is 1. The predicted octanol–water partition coefficient (Wildman–Crippen LogP) is 4.58. The van der Waals surface area contributed by atoms with Crippen molar-refractivity contribution < 1.29 is 13.6 Å². The molecule has 26 heavy (non-hydrogen) atoms. The Balaban J connectivity index is 1.68. The molecule has 1 N–H and O–H groups in total. The molecule has 0 saturated heterocycles. The molecule has 3 nitrogen and oxygen atoms in total. The number of anilines is 1. The van der Waals surface area contributed by atoms with E-state index in [9.17, 15) is 13.6 Å². The van der Waals surface area contributed by atoms with Gasteiger partial charge in [0.1, 0.15) is 11.6 Å². The SMILES string of the molecule is C[C@@H](C(=O)Nc1cc(F)ccc1F)N(C)Cc1ccc2ccccc2c1. The number of amides is 1. The summed E-state index contributed by atoms with van der Waals surface area (Å²) in [6.07, 6.45) is 0. The number of hydrogen-bond donors (Lipinski definition) is 1. The van der Waals surface area contributed by atoms with E-state index in [-0.39, 0.29) is 5.69 Å². The van der Waals surface area contributed by atoms with E-state index in [1.54, 1.807) is 6.92 Å². The van der Waals surface area contributed by atoms with Crippen LogP contribution >= 0.6 is 0 Å². The van der Waals surface area contributed by atoms with Gasteiger partial charge in [-0.2, -0.15) is 0 Å². The van der Waals surface area contributed by atoms with Gasteiger partial charge in [0, 0.05) is 12.6 Å². The van der Waals surface area contributed by atoms with Crippen LogP contribution in [0.15, 0.2) is 60.7 Å². The molecule has 0 heterocycles. The molecule has 0 radical (unpaired) electrons. The van der Waals surface area contributed by atoms with Crippen LogP contribution in [-0.4, -0.2) is 23.9 Å². The molecular formula is C21H20F2N2O. The van der Waals surface area contributed by atoms with E-state index in [0.29, 0.717) is 6.54 Å². The third kappa shape index (κ3) is 4.06. The zero-order chi connectivity index (χ0) is 18.7. The maximum Gasteiger partial charge on any atom is 0.241 e. The number of hydrogen-bond acceptors (Lipinski definition) is 2. The minimum Gasteiger partial charge on any atom is -0.322 e. The van der Waals surface area contributed by atoms with Crippen molar-refractivity contribution in [1.29, 1.82) is 0 Å². The zero-order valence-corrected chi connectivity index (χ0v) is 14.7. The van der Waals surface area contributed by atoms with Crippen LogP contribution in [0, 0.1) is 11.6 Å². The molecule has 134 valence electrons. The summed E-state index contributed by atoms with van der Waals surface area (Å²) in [5.41, 5.74) is 0.920. The summed E-state index contributed by atoms with van der Waals surface area (Å²) in [7, 11) is 1.82. The van der Waals surface area contributed by atoms with Crippen LogP contribution in [0.25, 0.3) is 10.8 Å². The Morgan fingerprint density at radius 1 is 1.04 bits per heavy atom. The van der Waals surface area contributed by atoms with Gasteiger partial charge in [0.05, 0.1) is 11.7 Å². The molecule has 0 saturated carbocycles. The van der Waals surface area contributed by atoms with E-state index in [4.69, 9.17) is 0 Å². The first-order chi connectivity index (χ1) is 12.4. The molecule has 5 heteroatoms. The van der Waals surface area contributed by atoms with Crippen molar-refractivity contribution in [2.24, 2.45) is 0 Å². The number of halogens is 2. The van der Waals surface area contributed by atoms with Gasteiger partial charge in [0.25, 0.3) is 0 Å². The van der Waals surface area contributed by atoms with Crippen molar-refractivity contribution in [3.05, 3.63) is 77.9 Å². The second kappa shape index (κ2) is 7.62. The van der Waals surface area contributed by atoms with Crippen molar-refractivity contribution in [1.82, 2.24) is 4.90 Å². The molecule has 1 atom stereocenters. The van der Waals surface area contributed by atoms with Gasteiger partial charge in [-0.05, 0) is 48.5 Å². The van der Waals surface area contributed by atoms with Crippen LogP contribution in [0.2, 0.25) is 0 Å². The summed E-state index contributed by atoms with van der Waals surface area (Å²) < 4.78 is 26.9. The summed E-state index contributed by atoms with van der Waals surface area (Å²) in [5.74, 6) is -1.65. The Bertz CT molecular complexity index is 942. The first-order valence-corrected chi connectivity index (χ1v) is 8.38. The van der Waals surface area contributed by atoms with Crippen molar-refractivity contribution in [3.63, 3.8) is 0 Å². The number of likely N-dealkylation sites (N-methyl/N-ethyl adjacent to an activating group) is 1. The molecule has 3 rings (SSSR count). The topological polar surface area (TPSA) is 32.3 Å². The molecule has 0 unspecified atom stereocenters. The second-order valence-corrected chi connectivity index (χ2v) is 6.39. The van der Waals surface area contributed by atoms with Crippen LogP contribution in [-0.2, 0) is 11.3 Å². The first kappa shape index (κ1) is 18.0. The molecule has 0 spiro atoms. The normalized spacial score (nSPS) is 12.3. The molecule has 3 aromatic carbocycles. The molecule has 0 bridgehead atoms. The summed E-state index contributed by atoms with van der Waals surface area (Å²) in [6.45, 7) is 2.29. The number of carbonyl (C=O) groups is 1. The van der Waals surface area contributed by atoms with E-state index < -0.39 is 23.6 Å². The quantitative estimate of drug-likeness (QED) is 0.727. The summed E-state index contributed by atoms with van der Waals surface area (Å²) in [5, 5.41) is 4.75. The molecule has 1 amide bonds. The Kier molecular flexibility index (Phi) is 5.28. The Hall–Kier alpha value is -2.79. The maximum atomic E-state index is 13.7. The molecular weight excluding hydrogens is 334 g/mol. The molecule has 0 aliphatic heterocycles. The largest absolute Gasteiger partial charge is 0.322 e. The van der Waals surface area contributed by atoms with Gasteiger partial charge in [-0.15, -0.1) is 0 Å². The van der Waals surface area contributed by atoms with Gasteiger partial charge >= 0.3 is 0 Å². The Morgan fingerprint density at radius 2 is 1.77 bits per heavy atom. The first-order valence-electron chi connectivity index (χ1n) is 8.38. The van der Waals surface area contributed by atoms with Crippen LogP contribution in [0.1, 0.15) is 12.5 Å². The highest BCUT2D eigenvalue weighted by Crippen LogP contribution is 2.19. The van der Waals surface area contributed by atoms with Crippen LogP contribution in [0.3, 0.4) is 0 Å². The number of rotatable bonds is 5. The van der Waals surface area contributed by atoms with Crippen LogP contribution in [0.4, 0.5) is 14.5 Å². The van der Waals surface area contributed by atoms with Gasteiger partial charge in [-0.1, -0.05) is 36.4 Å². The van der Waals surface area contributed by atoms with Crippen LogP contribution in [0.5, 0.6) is 0 Å².